The molecule has 1 saturated heterocycles. The Bertz CT molecular complexity index is 334. The van der Waals surface area contributed by atoms with Gasteiger partial charge in [-0.15, -0.1) is 0 Å². The number of rotatable bonds is 2. The first-order valence-corrected chi connectivity index (χ1v) is 7.91. The summed E-state index contributed by atoms with van der Waals surface area (Å²) in [5.41, 5.74) is 5.78. The third-order valence-corrected chi connectivity index (χ3v) is 5.23. The second-order valence-corrected chi connectivity index (χ2v) is 6.40. The van der Waals surface area contributed by atoms with Gasteiger partial charge in [0, 0.05) is 12.5 Å². The van der Waals surface area contributed by atoms with Crippen LogP contribution >= 0.6 is 0 Å². The number of morpholine rings is 1. The summed E-state index contributed by atoms with van der Waals surface area (Å²) in [4.78, 5) is 14.9. The molecular weight excluding hydrogens is 240 g/mol. The van der Waals surface area contributed by atoms with E-state index in [1.807, 2.05) is 0 Å². The average molecular weight is 266 g/mol. The summed E-state index contributed by atoms with van der Waals surface area (Å²) in [6.07, 6.45) is 8.20. The minimum Gasteiger partial charge on any atom is -0.374 e. The lowest BCUT2D eigenvalue weighted by Gasteiger charge is -2.40. The second-order valence-electron chi connectivity index (χ2n) is 6.40. The van der Waals surface area contributed by atoms with E-state index >= 15 is 0 Å². The Morgan fingerprint density at radius 3 is 2.89 bits per heavy atom. The standard InChI is InChI=1S/C15H26N2O2/c16-10-11-3-1-4-12(9-11)15(18)17-7-8-19-14-6-2-5-13(14)17/h11-14H,1-10,16H2. The molecule has 4 heteroatoms. The van der Waals surface area contributed by atoms with E-state index in [1.165, 1.54) is 12.8 Å². The van der Waals surface area contributed by atoms with E-state index < -0.39 is 0 Å². The smallest absolute Gasteiger partial charge is 0.226 e. The largest absolute Gasteiger partial charge is 0.374 e. The fourth-order valence-corrected chi connectivity index (χ4v) is 4.16. The molecule has 0 spiro atoms. The highest BCUT2D eigenvalue weighted by Crippen LogP contribution is 2.34. The van der Waals surface area contributed by atoms with Crippen molar-refractivity contribution < 1.29 is 9.53 Å². The first-order chi connectivity index (χ1) is 9.29. The molecule has 0 aromatic carbocycles. The van der Waals surface area contributed by atoms with Gasteiger partial charge in [0.2, 0.25) is 5.91 Å². The molecule has 0 bridgehead atoms. The molecule has 2 aliphatic carbocycles. The van der Waals surface area contributed by atoms with Gasteiger partial charge >= 0.3 is 0 Å². The van der Waals surface area contributed by atoms with Gasteiger partial charge in [-0.25, -0.2) is 0 Å². The van der Waals surface area contributed by atoms with Crippen molar-refractivity contribution in [1.82, 2.24) is 4.90 Å². The molecule has 19 heavy (non-hydrogen) atoms. The molecule has 1 amide bonds. The summed E-state index contributed by atoms with van der Waals surface area (Å²) in [6.45, 7) is 2.25. The second kappa shape index (κ2) is 5.80. The van der Waals surface area contributed by atoms with Crippen LogP contribution in [0.2, 0.25) is 0 Å². The van der Waals surface area contributed by atoms with Crippen molar-refractivity contribution in [3.05, 3.63) is 0 Å². The maximum absolute atomic E-state index is 12.8. The number of carbonyl (C=O) groups excluding carboxylic acids is 1. The van der Waals surface area contributed by atoms with Gasteiger partial charge in [-0.1, -0.05) is 6.42 Å². The van der Waals surface area contributed by atoms with E-state index in [9.17, 15) is 4.79 Å². The van der Waals surface area contributed by atoms with E-state index in [2.05, 4.69) is 4.90 Å². The van der Waals surface area contributed by atoms with Crippen LogP contribution in [0.1, 0.15) is 44.9 Å². The van der Waals surface area contributed by atoms with Gasteiger partial charge in [0.15, 0.2) is 0 Å². The fraction of sp³-hybridized carbons (Fsp3) is 0.933. The maximum Gasteiger partial charge on any atom is 0.226 e. The summed E-state index contributed by atoms with van der Waals surface area (Å²) in [5.74, 6) is 1.17. The van der Waals surface area contributed by atoms with Gasteiger partial charge in [0.1, 0.15) is 0 Å². The lowest BCUT2D eigenvalue weighted by molar-refractivity contribution is -0.149. The van der Waals surface area contributed by atoms with Crippen LogP contribution in [-0.2, 0) is 9.53 Å². The van der Waals surface area contributed by atoms with Crippen molar-refractivity contribution in [2.75, 3.05) is 19.7 Å². The number of fused-ring (bicyclic) bond motifs is 1. The molecule has 1 heterocycles. The molecule has 2 N–H and O–H groups in total. The minimum atomic E-state index is 0.224. The molecule has 3 rings (SSSR count). The molecule has 4 atom stereocenters. The molecule has 2 saturated carbocycles. The Morgan fingerprint density at radius 2 is 2.05 bits per heavy atom. The third-order valence-electron chi connectivity index (χ3n) is 5.23. The summed E-state index contributed by atoms with van der Waals surface area (Å²) >= 11 is 0. The van der Waals surface area contributed by atoms with Gasteiger partial charge < -0.3 is 15.4 Å². The van der Waals surface area contributed by atoms with Crippen molar-refractivity contribution >= 4 is 5.91 Å². The molecule has 0 aromatic rings. The van der Waals surface area contributed by atoms with Crippen LogP contribution < -0.4 is 5.73 Å². The Hall–Kier alpha value is -0.610. The van der Waals surface area contributed by atoms with Crippen molar-refractivity contribution in [2.45, 2.75) is 57.1 Å². The van der Waals surface area contributed by atoms with Gasteiger partial charge in [-0.2, -0.15) is 0 Å². The minimum absolute atomic E-state index is 0.224. The zero-order valence-electron chi connectivity index (χ0n) is 11.7. The number of carbonyl (C=O) groups is 1. The van der Waals surface area contributed by atoms with Crippen LogP contribution in [0, 0.1) is 11.8 Å². The molecule has 4 unspecified atom stereocenters. The quantitative estimate of drug-likeness (QED) is 0.824. The average Bonchev–Trinajstić information content (AvgIpc) is 2.95. The third kappa shape index (κ3) is 2.65. The summed E-state index contributed by atoms with van der Waals surface area (Å²) in [6, 6.07) is 0.361. The number of nitrogens with zero attached hydrogens (tertiary/aromatic N) is 1. The van der Waals surface area contributed by atoms with E-state index in [0.717, 1.165) is 51.8 Å². The maximum atomic E-state index is 12.8. The van der Waals surface area contributed by atoms with Crippen LogP contribution in [0.4, 0.5) is 0 Å². The van der Waals surface area contributed by atoms with Crippen LogP contribution in [-0.4, -0.2) is 42.6 Å². The summed E-state index contributed by atoms with van der Waals surface area (Å²) in [7, 11) is 0. The molecule has 3 aliphatic rings. The van der Waals surface area contributed by atoms with Crippen LogP contribution in [0.3, 0.4) is 0 Å². The normalized spacial score (nSPS) is 39.1. The van der Waals surface area contributed by atoms with Crippen molar-refractivity contribution in [3.8, 4) is 0 Å². The zero-order valence-corrected chi connectivity index (χ0v) is 11.7. The molecule has 0 aromatic heterocycles. The zero-order chi connectivity index (χ0) is 13.2. The van der Waals surface area contributed by atoms with Crippen molar-refractivity contribution in [3.63, 3.8) is 0 Å². The number of nitrogens with two attached hydrogens (primary N) is 1. The predicted octanol–water partition coefficient (Wildman–Crippen LogP) is 1.53. The monoisotopic (exact) mass is 266 g/mol. The van der Waals surface area contributed by atoms with Gasteiger partial charge in [-0.05, 0) is 51.0 Å². The Kier molecular flexibility index (Phi) is 4.08. The molecule has 1 aliphatic heterocycles. The predicted molar refractivity (Wildman–Crippen MR) is 73.6 cm³/mol. The SMILES string of the molecule is NCC1CCCC(C(=O)N2CCOC3CCCC32)C1. The summed E-state index contributed by atoms with van der Waals surface area (Å²) in [5, 5.41) is 0. The Balaban J connectivity index is 1.65. The highest BCUT2D eigenvalue weighted by atomic mass is 16.5. The van der Waals surface area contributed by atoms with Crippen LogP contribution in [0.15, 0.2) is 0 Å². The van der Waals surface area contributed by atoms with E-state index in [0.29, 0.717) is 24.0 Å². The first-order valence-electron chi connectivity index (χ1n) is 7.91. The Labute approximate surface area is 115 Å². The Morgan fingerprint density at radius 1 is 1.21 bits per heavy atom. The number of amides is 1. The number of ether oxygens (including phenoxy) is 1. The van der Waals surface area contributed by atoms with Gasteiger partial charge in [-0.3, -0.25) is 4.79 Å². The lowest BCUT2D eigenvalue weighted by atomic mass is 9.80. The van der Waals surface area contributed by atoms with Crippen LogP contribution in [0.25, 0.3) is 0 Å². The van der Waals surface area contributed by atoms with Gasteiger partial charge in [0.05, 0.1) is 18.8 Å². The first kappa shape index (κ1) is 13.4. The van der Waals surface area contributed by atoms with E-state index in [-0.39, 0.29) is 5.92 Å². The molecule has 3 fully saturated rings. The van der Waals surface area contributed by atoms with E-state index in [4.69, 9.17) is 10.5 Å². The molecule has 4 nitrogen and oxygen atoms in total. The van der Waals surface area contributed by atoms with Crippen molar-refractivity contribution in [1.29, 1.82) is 0 Å². The van der Waals surface area contributed by atoms with Crippen LogP contribution in [0.5, 0.6) is 0 Å². The number of hydrogen-bond acceptors (Lipinski definition) is 3. The highest BCUT2D eigenvalue weighted by molar-refractivity contribution is 5.79. The summed E-state index contributed by atoms with van der Waals surface area (Å²) < 4.78 is 5.80. The fourth-order valence-electron chi connectivity index (χ4n) is 4.16. The topological polar surface area (TPSA) is 55.6 Å². The van der Waals surface area contributed by atoms with Gasteiger partial charge in [0.25, 0.3) is 0 Å². The lowest BCUT2D eigenvalue weighted by Crippen LogP contribution is -2.53. The number of hydrogen-bond donors (Lipinski definition) is 1. The van der Waals surface area contributed by atoms with E-state index in [1.54, 1.807) is 0 Å². The van der Waals surface area contributed by atoms with Crippen molar-refractivity contribution in [2.24, 2.45) is 17.6 Å². The molecule has 0 radical (unpaired) electrons. The molecule has 108 valence electrons. The molecular formula is C15H26N2O2. The highest BCUT2D eigenvalue weighted by Gasteiger charge is 2.40.